The number of non-ortho nitro benzene ring substituents is 1. The first-order chi connectivity index (χ1) is 13.4. The third kappa shape index (κ3) is 3.35. The molecule has 0 fully saturated rings. The van der Waals surface area contributed by atoms with Gasteiger partial charge in [0, 0.05) is 18.2 Å². The highest BCUT2D eigenvalue weighted by Crippen LogP contribution is 2.35. The molecule has 28 heavy (non-hydrogen) atoms. The van der Waals surface area contributed by atoms with Crippen molar-refractivity contribution in [2.45, 2.75) is 0 Å². The van der Waals surface area contributed by atoms with E-state index in [2.05, 4.69) is 5.32 Å². The Kier molecular flexibility index (Phi) is 5.18. The van der Waals surface area contributed by atoms with Gasteiger partial charge >= 0.3 is 0 Å². The number of carbonyl (C=O) groups is 2. The molecule has 0 aliphatic carbocycles. The lowest BCUT2D eigenvalue weighted by molar-refractivity contribution is -0.384. The topological polar surface area (TPSA) is 111 Å². The summed E-state index contributed by atoms with van der Waals surface area (Å²) in [5.41, 5.74) is 0.00781. The first kappa shape index (κ1) is 19.2. The Labute approximate surface area is 164 Å². The van der Waals surface area contributed by atoms with Crippen molar-refractivity contribution in [1.82, 2.24) is 0 Å². The van der Waals surface area contributed by atoms with Gasteiger partial charge in [-0.15, -0.1) is 0 Å². The summed E-state index contributed by atoms with van der Waals surface area (Å²) in [4.78, 5) is 36.4. The van der Waals surface area contributed by atoms with Crippen LogP contribution in [0.15, 0.2) is 53.2 Å². The first-order valence-electron chi connectivity index (χ1n) is 7.89. The standard InChI is InChI=1S/C18H14ClN3O6/c1-27-12-6-7-13(14(9-12)28-2)20-16-15(19)17(23)21(18(16)24)10-4-3-5-11(8-10)22(25)26/h3-9,20H,1-2H3. The van der Waals surface area contributed by atoms with Crippen LogP contribution in [-0.4, -0.2) is 31.0 Å². The second-order valence-electron chi connectivity index (χ2n) is 5.60. The maximum Gasteiger partial charge on any atom is 0.283 e. The SMILES string of the molecule is COc1ccc(NC2=C(Cl)C(=O)N(c3cccc([N+](=O)[O-])c3)C2=O)c(OC)c1. The molecule has 0 saturated heterocycles. The number of nitrogens with one attached hydrogen (secondary N) is 1. The third-order valence-corrected chi connectivity index (χ3v) is 4.35. The summed E-state index contributed by atoms with van der Waals surface area (Å²) in [5.74, 6) is -0.629. The lowest BCUT2D eigenvalue weighted by Gasteiger charge is -2.16. The summed E-state index contributed by atoms with van der Waals surface area (Å²) in [5, 5.41) is 13.4. The van der Waals surface area contributed by atoms with Crippen molar-refractivity contribution in [2.75, 3.05) is 24.4 Å². The van der Waals surface area contributed by atoms with Gasteiger partial charge in [0.25, 0.3) is 17.5 Å². The van der Waals surface area contributed by atoms with Crippen LogP contribution in [0.4, 0.5) is 17.1 Å². The highest BCUT2D eigenvalue weighted by molar-refractivity contribution is 6.53. The molecule has 1 heterocycles. The summed E-state index contributed by atoms with van der Waals surface area (Å²) in [6.45, 7) is 0. The van der Waals surface area contributed by atoms with Gasteiger partial charge in [0.2, 0.25) is 0 Å². The van der Waals surface area contributed by atoms with Gasteiger partial charge in [-0.1, -0.05) is 17.7 Å². The Bertz CT molecular complexity index is 1020. The molecule has 0 saturated carbocycles. The molecule has 9 nitrogen and oxygen atoms in total. The average molecular weight is 404 g/mol. The van der Waals surface area contributed by atoms with E-state index >= 15 is 0 Å². The average Bonchev–Trinajstić information content (AvgIpc) is 2.91. The highest BCUT2D eigenvalue weighted by Gasteiger charge is 2.39. The predicted octanol–water partition coefficient (Wildman–Crippen LogP) is 3.05. The molecular formula is C18H14ClN3O6. The molecule has 0 spiro atoms. The fourth-order valence-corrected chi connectivity index (χ4v) is 2.84. The predicted molar refractivity (Wildman–Crippen MR) is 102 cm³/mol. The molecule has 2 aromatic carbocycles. The van der Waals surface area contributed by atoms with Crippen LogP contribution in [0.25, 0.3) is 0 Å². The Morgan fingerprint density at radius 2 is 1.82 bits per heavy atom. The van der Waals surface area contributed by atoms with Crippen molar-refractivity contribution in [3.05, 3.63) is 63.3 Å². The third-order valence-electron chi connectivity index (χ3n) is 3.99. The minimum atomic E-state index is -0.790. The van der Waals surface area contributed by atoms with E-state index in [0.717, 1.165) is 11.0 Å². The van der Waals surface area contributed by atoms with Gasteiger partial charge in [-0.25, -0.2) is 4.90 Å². The van der Waals surface area contributed by atoms with E-state index in [0.29, 0.717) is 17.2 Å². The molecule has 1 aliphatic rings. The zero-order valence-electron chi connectivity index (χ0n) is 14.8. The minimum absolute atomic E-state index is 0.0424. The number of amides is 2. The van der Waals surface area contributed by atoms with E-state index in [4.69, 9.17) is 21.1 Å². The summed E-state index contributed by atoms with van der Waals surface area (Å²) in [7, 11) is 2.93. The van der Waals surface area contributed by atoms with Crippen LogP contribution < -0.4 is 19.7 Å². The zero-order chi connectivity index (χ0) is 20.4. The smallest absolute Gasteiger partial charge is 0.283 e. The molecule has 1 aliphatic heterocycles. The number of anilines is 2. The van der Waals surface area contributed by atoms with E-state index in [1.165, 1.54) is 32.4 Å². The fraction of sp³-hybridized carbons (Fsp3) is 0.111. The molecule has 0 aromatic heterocycles. The van der Waals surface area contributed by atoms with Crippen LogP contribution in [-0.2, 0) is 9.59 Å². The Morgan fingerprint density at radius 1 is 1.07 bits per heavy atom. The van der Waals surface area contributed by atoms with E-state index in [1.807, 2.05) is 0 Å². The number of nitro groups is 1. The van der Waals surface area contributed by atoms with Crippen LogP contribution in [0.2, 0.25) is 0 Å². The quantitative estimate of drug-likeness (QED) is 0.448. The molecule has 0 unspecified atom stereocenters. The fourth-order valence-electron chi connectivity index (χ4n) is 2.63. The number of benzene rings is 2. The normalized spacial score (nSPS) is 13.8. The van der Waals surface area contributed by atoms with Gasteiger partial charge in [-0.05, 0) is 18.2 Å². The molecule has 0 radical (unpaired) electrons. The maximum atomic E-state index is 12.8. The highest BCUT2D eigenvalue weighted by atomic mass is 35.5. The Morgan fingerprint density at radius 3 is 2.46 bits per heavy atom. The van der Waals surface area contributed by atoms with Gasteiger partial charge in [-0.2, -0.15) is 0 Å². The van der Waals surface area contributed by atoms with Gasteiger partial charge in [-0.3, -0.25) is 19.7 Å². The number of rotatable bonds is 6. The van der Waals surface area contributed by atoms with E-state index in [-0.39, 0.29) is 22.1 Å². The van der Waals surface area contributed by atoms with Gasteiger partial charge in [0.1, 0.15) is 22.2 Å². The number of hydrogen-bond donors (Lipinski definition) is 1. The maximum absolute atomic E-state index is 12.8. The van der Waals surface area contributed by atoms with Gasteiger partial charge in [0.05, 0.1) is 30.5 Å². The molecule has 0 atom stereocenters. The molecule has 0 bridgehead atoms. The number of ether oxygens (including phenoxy) is 2. The van der Waals surface area contributed by atoms with E-state index in [9.17, 15) is 19.7 Å². The van der Waals surface area contributed by atoms with Gasteiger partial charge in [0.15, 0.2) is 0 Å². The molecule has 10 heteroatoms. The molecule has 2 aromatic rings. The number of hydrogen-bond acceptors (Lipinski definition) is 7. The second-order valence-corrected chi connectivity index (χ2v) is 5.98. The summed E-state index contributed by atoms with van der Waals surface area (Å²) >= 11 is 6.08. The lowest BCUT2D eigenvalue weighted by Crippen LogP contribution is -2.32. The number of halogens is 1. The molecule has 1 N–H and O–H groups in total. The zero-order valence-corrected chi connectivity index (χ0v) is 15.5. The van der Waals surface area contributed by atoms with Crippen molar-refractivity contribution in [3.8, 4) is 11.5 Å². The number of nitro benzene ring substituents is 1. The summed E-state index contributed by atoms with van der Waals surface area (Å²) in [6, 6.07) is 9.99. The Balaban J connectivity index is 1.94. The lowest BCUT2D eigenvalue weighted by atomic mass is 10.2. The number of imide groups is 1. The van der Waals surface area contributed by atoms with Crippen LogP contribution in [0, 0.1) is 10.1 Å². The summed E-state index contributed by atoms with van der Waals surface area (Å²) < 4.78 is 10.4. The van der Waals surface area contributed by atoms with Crippen LogP contribution in [0.5, 0.6) is 11.5 Å². The second kappa shape index (κ2) is 7.57. The van der Waals surface area contributed by atoms with Crippen LogP contribution in [0.3, 0.4) is 0 Å². The van der Waals surface area contributed by atoms with Crippen molar-refractivity contribution in [3.63, 3.8) is 0 Å². The number of nitrogens with zero attached hydrogens (tertiary/aromatic N) is 2. The van der Waals surface area contributed by atoms with E-state index in [1.54, 1.807) is 18.2 Å². The van der Waals surface area contributed by atoms with Crippen molar-refractivity contribution in [1.29, 1.82) is 0 Å². The number of carbonyl (C=O) groups excluding carboxylic acids is 2. The van der Waals surface area contributed by atoms with Crippen molar-refractivity contribution < 1.29 is 24.0 Å². The van der Waals surface area contributed by atoms with Crippen molar-refractivity contribution >= 4 is 40.5 Å². The molecule has 2 amide bonds. The van der Waals surface area contributed by atoms with E-state index < -0.39 is 16.7 Å². The van der Waals surface area contributed by atoms with Crippen molar-refractivity contribution in [2.24, 2.45) is 0 Å². The molecule has 144 valence electrons. The largest absolute Gasteiger partial charge is 0.497 e. The number of methoxy groups -OCH3 is 2. The van der Waals surface area contributed by atoms with Crippen LogP contribution >= 0.6 is 11.6 Å². The van der Waals surface area contributed by atoms with Gasteiger partial charge < -0.3 is 14.8 Å². The Hall–Kier alpha value is -3.59. The molecule has 3 rings (SSSR count). The first-order valence-corrected chi connectivity index (χ1v) is 8.27. The molecular weight excluding hydrogens is 390 g/mol. The minimum Gasteiger partial charge on any atom is -0.497 e. The summed E-state index contributed by atoms with van der Waals surface area (Å²) in [6.07, 6.45) is 0. The van der Waals surface area contributed by atoms with Crippen LogP contribution in [0.1, 0.15) is 0 Å². The monoisotopic (exact) mass is 403 g/mol.